The summed E-state index contributed by atoms with van der Waals surface area (Å²) < 4.78 is 4.49. The van der Waals surface area contributed by atoms with Crippen LogP contribution in [0.3, 0.4) is 0 Å². The summed E-state index contributed by atoms with van der Waals surface area (Å²) in [6.45, 7) is -3.64. The maximum Gasteiger partial charge on any atom is 0.376 e. The highest BCUT2D eigenvalue weighted by atomic mass is 32.5. The van der Waals surface area contributed by atoms with Crippen LogP contribution in [0.1, 0.15) is 0 Å². The Kier molecular flexibility index (Phi) is 2.51. The van der Waals surface area contributed by atoms with Crippen molar-refractivity contribution in [3.8, 4) is 5.88 Å². The molecule has 1 aromatic heterocycles. The highest BCUT2D eigenvalue weighted by Gasteiger charge is 2.09. The third-order valence-corrected chi connectivity index (χ3v) is 1.42. The smallest absolute Gasteiger partial charge is 0.376 e. The van der Waals surface area contributed by atoms with Gasteiger partial charge >= 0.3 is 6.72 Å². The highest BCUT2D eigenvalue weighted by Crippen LogP contribution is 2.36. The molecule has 2 N–H and O–H groups in total. The van der Waals surface area contributed by atoms with E-state index in [0.717, 1.165) is 0 Å². The van der Waals surface area contributed by atoms with Gasteiger partial charge in [0.2, 0.25) is 5.88 Å². The fourth-order valence-corrected chi connectivity index (χ4v) is 1.04. The Labute approximate surface area is 68.0 Å². The van der Waals surface area contributed by atoms with E-state index in [2.05, 4.69) is 26.3 Å². The SMILES string of the molecule is OP(O)(=S)Oc1ccncn1. The molecule has 0 aliphatic rings. The lowest BCUT2D eigenvalue weighted by molar-refractivity contribution is 0.364. The molecule has 7 heteroatoms. The summed E-state index contributed by atoms with van der Waals surface area (Å²) in [5.41, 5.74) is 0. The van der Waals surface area contributed by atoms with E-state index < -0.39 is 6.72 Å². The van der Waals surface area contributed by atoms with Crippen molar-refractivity contribution >= 4 is 18.5 Å². The van der Waals surface area contributed by atoms with Crippen molar-refractivity contribution in [3.63, 3.8) is 0 Å². The molecule has 1 rings (SSSR count). The van der Waals surface area contributed by atoms with Gasteiger partial charge in [-0.3, -0.25) is 0 Å². The minimum Gasteiger partial charge on any atom is -0.406 e. The van der Waals surface area contributed by atoms with Gasteiger partial charge in [0.15, 0.2) is 0 Å². The molecule has 0 amide bonds. The van der Waals surface area contributed by atoms with Crippen LogP contribution in [0.2, 0.25) is 0 Å². The molecule has 0 unspecified atom stereocenters. The normalized spacial score (nSPS) is 11.1. The van der Waals surface area contributed by atoms with Gasteiger partial charge in [-0.2, -0.15) is 0 Å². The van der Waals surface area contributed by atoms with Crippen LogP contribution in [0.4, 0.5) is 0 Å². The van der Waals surface area contributed by atoms with Crippen LogP contribution >= 0.6 is 6.72 Å². The molecule has 1 heterocycles. The van der Waals surface area contributed by atoms with E-state index in [1.807, 2.05) is 0 Å². The Bertz CT molecular complexity index is 274. The zero-order valence-corrected chi connectivity index (χ0v) is 7.00. The third-order valence-electron chi connectivity index (χ3n) is 0.767. The van der Waals surface area contributed by atoms with Crippen LogP contribution in [0.5, 0.6) is 5.88 Å². The Hall–Kier alpha value is -0.550. The van der Waals surface area contributed by atoms with Crippen molar-refractivity contribution in [2.24, 2.45) is 0 Å². The molecule has 0 fully saturated rings. The fraction of sp³-hybridized carbons (Fsp3) is 0. The van der Waals surface area contributed by atoms with Gasteiger partial charge in [0.1, 0.15) is 6.33 Å². The third kappa shape index (κ3) is 3.38. The Morgan fingerprint density at radius 2 is 2.27 bits per heavy atom. The van der Waals surface area contributed by atoms with E-state index in [1.165, 1.54) is 18.6 Å². The summed E-state index contributed by atoms with van der Waals surface area (Å²) in [7, 11) is 0. The molecule has 5 nitrogen and oxygen atoms in total. The number of nitrogens with zero attached hydrogens (tertiary/aromatic N) is 2. The molecule has 0 radical (unpaired) electrons. The lowest BCUT2D eigenvalue weighted by Gasteiger charge is -2.06. The monoisotopic (exact) mass is 192 g/mol. The van der Waals surface area contributed by atoms with Crippen molar-refractivity contribution in [3.05, 3.63) is 18.6 Å². The van der Waals surface area contributed by atoms with Crippen molar-refractivity contribution in [2.75, 3.05) is 0 Å². The minimum absolute atomic E-state index is 0.0633. The van der Waals surface area contributed by atoms with Gasteiger partial charge in [-0.15, -0.1) is 0 Å². The first-order valence-corrected chi connectivity index (χ1v) is 5.22. The van der Waals surface area contributed by atoms with Crippen LogP contribution in [0, 0.1) is 0 Å². The molecule has 0 spiro atoms. The molecule has 11 heavy (non-hydrogen) atoms. The molecular formula is C4H5N2O3PS. The summed E-state index contributed by atoms with van der Waals surface area (Å²) in [6.07, 6.45) is 2.63. The van der Waals surface area contributed by atoms with E-state index in [9.17, 15) is 0 Å². The Morgan fingerprint density at radius 1 is 1.55 bits per heavy atom. The Balaban J connectivity index is 2.74. The average Bonchev–Trinajstić information content (AvgIpc) is 1.85. The van der Waals surface area contributed by atoms with Crippen LogP contribution in [0.25, 0.3) is 0 Å². The van der Waals surface area contributed by atoms with Gasteiger partial charge in [0.05, 0.1) is 0 Å². The van der Waals surface area contributed by atoms with Crippen molar-refractivity contribution in [1.82, 2.24) is 9.97 Å². The summed E-state index contributed by atoms with van der Waals surface area (Å²) in [6, 6.07) is 1.38. The van der Waals surface area contributed by atoms with E-state index in [-0.39, 0.29) is 5.88 Å². The van der Waals surface area contributed by atoms with Crippen molar-refractivity contribution < 1.29 is 14.3 Å². The van der Waals surface area contributed by atoms with Crippen LogP contribution in [-0.2, 0) is 11.8 Å². The van der Waals surface area contributed by atoms with Gasteiger partial charge in [0.25, 0.3) is 0 Å². The van der Waals surface area contributed by atoms with Gasteiger partial charge in [-0.25, -0.2) is 9.97 Å². The summed E-state index contributed by atoms with van der Waals surface area (Å²) in [5, 5.41) is 0. The molecule has 1 aromatic rings. The standard InChI is InChI=1S/C4H5N2O3PS/c7-10(8,11)9-4-1-2-5-3-6-4/h1-3H,(H2,7,8,11). The lowest BCUT2D eigenvalue weighted by Crippen LogP contribution is -1.91. The Morgan fingerprint density at radius 3 is 2.73 bits per heavy atom. The molecule has 0 saturated heterocycles. The number of hydrogen-bond donors (Lipinski definition) is 2. The van der Waals surface area contributed by atoms with Gasteiger partial charge in [-0.1, -0.05) is 0 Å². The van der Waals surface area contributed by atoms with Gasteiger partial charge in [0, 0.05) is 24.1 Å². The second-order valence-corrected chi connectivity index (χ2v) is 4.22. The largest absolute Gasteiger partial charge is 0.406 e. The van der Waals surface area contributed by atoms with Gasteiger partial charge < -0.3 is 14.3 Å². The first-order chi connectivity index (χ1) is 5.08. The van der Waals surface area contributed by atoms with E-state index in [1.54, 1.807) is 0 Å². The quantitative estimate of drug-likeness (QED) is 0.645. The summed E-state index contributed by atoms with van der Waals surface area (Å²) in [4.78, 5) is 24.5. The zero-order chi connectivity index (χ0) is 8.32. The molecule has 0 aliphatic heterocycles. The molecule has 60 valence electrons. The van der Waals surface area contributed by atoms with E-state index in [4.69, 9.17) is 9.79 Å². The lowest BCUT2D eigenvalue weighted by atomic mass is 10.6. The predicted octanol–water partition coefficient (Wildman–Crippen LogP) is 0.0645. The molecule has 0 atom stereocenters. The average molecular weight is 192 g/mol. The maximum atomic E-state index is 8.67. The fourth-order valence-electron chi connectivity index (χ4n) is 0.454. The van der Waals surface area contributed by atoms with Crippen LogP contribution in [-0.4, -0.2) is 19.8 Å². The van der Waals surface area contributed by atoms with Gasteiger partial charge in [-0.05, 0) is 0 Å². The number of hydrogen-bond acceptors (Lipinski definition) is 4. The molecule has 0 bridgehead atoms. The molecule has 0 aromatic carbocycles. The van der Waals surface area contributed by atoms with E-state index in [0.29, 0.717) is 0 Å². The topological polar surface area (TPSA) is 75.5 Å². The summed E-state index contributed by atoms with van der Waals surface area (Å²) in [5.74, 6) is 0.0633. The maximum absolute atomic E-state index is 8.67. The second-order valence-electron chi connectivity index (χ2n) is 1.63. The number of aromatic nitrogens is 2. The van der Waals surface area contributed by atoms with E-state index >= 15 is 0 Å². The van der Waals surface area contributed by atoms with Crippen LogP contribution in [0.15, 0.2) is 18.6 Å². The number of rotatable bonds is 2. The second kappa shape index (κ2) is 3.23. The first-order valence-electron chi connectivity index (χ1n) is 2.59. The van der Waals surface area contributed by atoms with Crippen molar-refractivity contribution in [1.29, 1.82) is 0 Å². The van der Waals surface area contributed by atoms with Crippen molar-refractivity contribution in [2.45, 2.75) is 0 Å². The highest BCUT2D eigenvalue weighted by molar-refractivity contribution is 8.06. The first kappa shape index (κ1) is 8.55. The predicted molar refractivity (Wildman–Crippen MR) is 41.4 cm³/mol. The molecular weight excluding hydrogens is 187 g/mol. The zero-order valence-electron chi connectivity index (χ0n) is 5.28. The summed E-state index contributed by atoms with van der Waals surface area (Å²) >= 11 is 4.21. The molecule has 0 saturated carbocycles. The minimum atomic E-state index is -3.64. The molecule has 0 aliphatic carbocycles. The van der Waals surface area contributed by atoms with Crippen LogP contribution < -0.4 is 4.52 Å².